The number of nitrogens with one attached hydrogen (secondary N) is 1. The van der Waals surface area contributed by atoms with E-state index in [9.17, 15) is 13.4 Å². The summed E-state index contributed by atoms with van der Waals surface area (Å²) in [6.07, 6.45) is 5.05. The molecule has 8 nitrogen and oxygen atoms in total. The number of nitrogens with zero attached hydrogens (tertiary/aromatic N) is 5. The molecule has 1 aliphatic rings. The number of aryl methyl sites for hydroxylation is 3. The van der Waals surface area contributed by atoms with Gasteiger partial charge in [0.05, 0.1) is 39.5 Å². The molecule has 4 rings (SSSR count). The van der Waals surface area contributed by atoms with Crippen LogP contribution in [0.2, 0.25) is 0 Å². The SMILES string of the molecule is Cc1cc([C@@H](C)Nc2ccc(F)cc2S(C)=O)cc(F)c(N2CCN(c3cnc(C)nc3)CC2)n(C)c(=O)c(C)c1. The minimum atomic E-state index is -1.43. The van der Waals surface area contributed by atoms with Crippen molar-refractivity contribution >= 4 is 28.0 Å². The maximum absolute atomic E-state index is 16.3. The van der Waals surface area contributed by atoms with Gasteiger partial charge in [-0.15, -0.1) is 0 Å². The van der Waals surface area contributed by atoms with E-state index in [1.807, 2.05) is 31.7 Å². The number of piperazine rings is 1. The second kappa shape index (κ2) is 12.8. The molecule has 1 fully saturated rings. The lowest BCUT2D eigenvalue weighted by atomic mass is 10.1. The first-order chi connectivity index (χ1) is 19.4. The average Bonchev–Trinajstić information content (AvgIpc) is 2.93. The number of rotatable bonds is 6. The molecule has 0 aliphatic carbocycles. The van der Waals surface area contributed by atoms with Crippen LogP contribution in [0.5, 0.6) is 0 Å². The fourth-order valence-corrected chi connectivity index (χ4v) is 5.71. The number of halogens is 2. The van der Waals surface area contributed by atoms with Gasteiger partial charge in [-0.1, -0.05) is 17.7 Å². The van der Waals surface area contributed by atoms with Crippen LogP contribution in [-0.4, -0.2) is 51.2 Å². The first-order valence-electron chi connectivity index (χ1n) is 13.4. The van der Waals surface area contributed by atoms with Crippen molar-refractivity contribution in [3.63, 3.8) is 0 Å². The Morgan fingerprint density at radius 2 is 1.59 bits per heavy atom. The van der Waals surface area contributed by atoms with Gasteiger partial charge >= 0.3 is 0 Å². The van der Waals surface area contributed by atoms with Gasteiger partial charge in [0.15, 0.2) is 5.82 Å². The molecule has 41 heavy (non-hydrogen) atoms. The van der Waals surface area contributed by atoms with Crippen molar-refractivity contribution in [3.05, 3.63) is 93.3 Å². The molecule has 0 saturated carbocycles. The summed E-state index contributed by atoms with van der Waals surface area (Å²) in [7, 11) is 0.158. The third kappa shape index (κ3) is 7.08. The maximum Gasteiger partial charge on any atom is 0.254 e. The van der Waals surface area contributed by atoms with E-state index in [1.54, 1.807) is 32.4 Å². The van der Waals surface area contributed by atoms with Gasteiger partial charge < -0.3 is 15.1 Å². The van der Waals surface area contributed by atoms with E-state index in [4.69, 9.17) is 0 Å². The Balaban J connectivity index is 1.75. The van der Waals surface area contributed by atoms with Crippen LogP contribution in [0, 0.1) is 32.4 Å². The summed E-state index contributed by atoms with van der Waals surface area (Å²) in [5, 5.41) is 3.27. The Kier molecular flexibility index (Phi) is 9.37. The predicted molar refractivity (Wildman–Crippen MR) is 161 cm³/mol. The number of aromatic nitrogens is 3. The quantitative estimate of drug-likeness (QED) is 0.450. The predicted octanol–water partition coefficient (Wildman–Crippen LogP) is 4.74. The van der Waals surface area contributed by atoms with Crippen LogP contribution in [0.25, 0.3) is 0 Å². The zero-order valence-corrected chi connectivity index (χ0v) is 25.1. The lowest BCUT2D eigenvalue weighted by molar-refractivity contribution is 0.571. The normalized spacial score (nSPS) is 14.8. The van der Waals surface area contributed by atoms with Crippen LogP contribution in [-0.2, 0) is 17.8 Å². The van der Waals surface area contributed by atoms with Crippen LogP contribution < -0.4 is 20.7 Å². The smallest absolute Gasteiger partial charge is 0.254 e. The van der Waals surface area contributed by atoms with Gasteiger partial charge in [0.25, 0.3) is 5.56 Å². The van der Waals surface area contributed by atoms with Crippen molar-refractivity contribution in [2.24, 2.45) is 7.05 Å². The molecule has 0 bridgehead atoms. The highest BCUT2D eigenvalue weighted by atomic mass is 32.2. The first kappa shape index (κ1) is 30.1. The second-order valence-corrected chi connectivity index (χ2v) is 11.7. The minimum absolute atomic E-state index is 0.192. The van der Waals surface area contributed by atoms with Crippen LogP contribution in [0.3, 0.4) is 0 Å². The molecule has 1 aliphatic heterocycles. The standard InChI is InChI=1S/C30H36F2N6O2S/c1-19-13-20(2)30(39)36(5)29(38-11-9-37(10-12-38)25-17-33-22(4)34-18-25)26(32)15-23(14-19)21(3)35-27-8-7-24(31)16-28(27)41(6)40/h7-8,13-18,21,35H,9-12H2,1-6H3/t21-,41?/m1/s1. The summed E-state index contributed by atoms with van der Waals surface area (Å²) in [6.45, 7) is 9.44. The van der Waals surface area contributed by atoms with E-state index in [1.165, 1.54) is 35.1 Å². The van der Waals surface area contributed by atoms with Gasteiger partial charge in [-0.05, 0) is 57.5 Å². The molecule has 11 heteroatoms. The third-order valence-electron chi connectivity index (χ3n) is 7.14. The second-order valence-electron chi connectivity index (χ2n) is 10.3. The summed E-state index contributed by atoms with van der Waals surface area (Å²) in [5.41, 5.74) is 2.97. The molecule has 2 aromatic heterocycles. The van der Waals surface area contributed by atoms with Crippen molar-refractivity contribution in [2.75, 3.05) is 47.6 Å². The molecule has 2 atom stereocenters. The lowest BCUT2D eigenvalue weighted by Crippen LogP contribution is -2.48. The summed E-state index contributed by atoms with van der Waals surface area (Å²) in [4.78, 5) is 26.2. The van der Waals surface area contributed by atoms with E-state index in [0.29, 0.717) is 53.7 Å². The van der Waals surface area contributed by atoms with E-state index >= 15 is 4.39 Å². The van der Waals surface area contributed by atoms with E-state index in [-0.39, 0.29) is 11.4 Å². The van der Waals surface area contributed by atoms with Crippen molar-refractivity contribution in [2.45, 2.75) is 38.6 Å². The summed E-state index contributed by atoms with van der Waals surface area (Å²) in [5.74, 6) is -0.144. The topological polar surface area (TPSA) is 83.4 Å². The summed E-state index contributed by atoms with van der Waals surface area (Å²) in [6, 6.07) is 8.66. The highest BCUT2D eigenvalue weighted by Crippen LogP contribution is 2.27. The Labute approximate surface area is 241 Å². The van der Waals surface area contributed by atoms with Crippen LogP contribution in [0.4, 0.5) is 26.0 Å². The maximum atomic E-state index is 16.3. The summed E-state index contributed by atoms with van der Waals surface area (Å²) >= 11 is 0. The van der Waals surface area contributed by atoms with Gasteiger partial charge in [0.1, 0.15) is 17.5 Å². The zero-order chi connectivity index (χ0) is 29.8. The number of anilines is 3. The van der Waals surface area contributed by atoms with Crippen LogP contribution in [0.15, 0.2) is 58.5 Å². The number of hydrogen-bond acceptors (Lipinski definition) is 7. The first-order valence-corrected chi connectivity index (χ1v) is 14.9. The van der Waals surface area contributed by atoms with Crippen molar-refractivity contribution in [1.82, 2.24) is 14.5 Å². The lowest BCUT2D eigenvalue weighted by Gasteiger charge is -2.37. The van der Waals surface area contributed by atoms with Crippen molar-refractivity contribution in [3.8, 4) is 0 Å². The molecule has 0 radical (unpaired) electrons. The average molecular weight is 583 g/mol. The molecule has 3 heterocycles. The Morgan fingerprint density at radius 1 is 0.951 bits per heavy atom. The molecule has 1 unspecified atom stereocenters. The Morgan fingerprint density at radius 3 is 2.22 bits per heavy atom. The molecule has 1 N–H and O–H groups in total. The summed E-state index contributed by atoms with van der Waals surface area (Å²) < 4.78 is 43.8. The molecule has 1 saturated heterocycles. The Bertz CT molecular complexity index is 1570. The van der Waals surface area contributed by atoms with Gasteiger partial charge in [-0.3, -0.25) is 13.6 Å². The van der Waals surface area contributed by atoms with Gasteiger partial charge in [0, 0.05) is 51.1 Å². The van der Waals surface area contributed by atoms with Gasteiger partial charge in [0.2, 0.25) is 0 Å². The van der Waals surface area contributed by atoms with Crippen LogP contribution in [0.1, 0.15) is 35.5 Å². The highest BCUT2D eigenvalue weighted by Gasteiger charge is 2.23. The van der Waals surface area contributed by atoms with E-state index in [2.05, 4.69) is 20.2 Å². The number of hydrogen-bond donors (Lipinski definition) is 1. The third-order valence-corrected chi connectivity index (χ3v) is 8.10. The number of benzene rings is 1. The monoisotopic (exact) mass is 582 g/mol. The van der Waals surface area contributed by atoms with Crippen molar-refractivity contribution < 1.29 is 13.0 Å². The zero-order valence-electron chi connectivity index (χ0n) is 24.2. The molecule has 3 aromatic rings. The molecular formula is C30H36F2N6O2S. The molecule has 218 valence electrons. The van der Waals surface area contributed by atoms with Crippen molar-refractivity contribution in [1.29, 1.82) is 0 Å². The molecular weight excluding hydrogens is 546 g/mol. The van der Waals surface area contributed by atoms with E-state index < -0.39 is 28.5 Å². The van der Waals surface area contributed by atoms with E-state index in [0.717, 1.165) is 11.3 Å². The molecule has 1 aromatic carbocycles. The largest absolute Gasteiger partial charge is 0.378 e. The van der Waals surface area contributed by atoms with Gasteiger partial charge in [-0.25, -0.2) is 18.7 Å². The molecule has 0 spiro atoms. The fourth-order valence-electron chi connectivity index (χ4n) is 4.99. The Hall–Kier alpha value is -3.86. The molecule has 0 amide bonds. The van der Waals surface area contributed by atoms with Gasteiger partial charge in [-0.2, -0.15) is 0 Å². The highest BCUT2D eigenvalue weighted by molar-refractivity contribution is 7.84. The minimum Gasteiger partial charge on any atom is -0.378 e. The van der Waals surface area contributed by atoms with Crippen LogP contribution >= 0.6 is 0 Å². The fraction of sp³-hybridized carbons (Fsp3) is 0.367.